The molecule has 142 valence electrons. The summed E-state index contributed by atoms with van der Waals surface area (Å²) < 4.78 is 0. The van der Waals surface area contributed by atoms with Crippen LogP contribution in [-0.2, 0) is 0 Å². The van der Waals surface area contributed by atoms with E-state index in [1.807, 2.05) is 13.1 Å². The summed E-state index contributed by atoms with van der Waals surface area (Å²) in [5.41, 5.74) is 2.36. The molecule has 0 radical (unpaired) electrons. The van der Waals surface area contributed by atoms with Crippen LogP contribution in [0.1, 0.15) is 49.3 Å². The van der Waals surface area contributed by atoms with Crippen LogP contribution in [0.25, 0.3) is 10.2 Å². The molecule has 4 rings (SSSR count). The van der Waals surface area contributed by atoms with E-state index in [0.717, 1.165) is 54.5 Å². The Morgan fingerprint density at radius 1 is 1.19 bits per heavy atom. The van der Waals surface area contributed by atoms with Crippen LogP contribution in [0.15, 0.2) is 29.8 Å². The first-order valence-electron chi connectivity index (χ1n) is 9.79. The van der Waals surface area contributed by atoms with Gasteiger partial charge in [0.2, 0.25) is 0 Å². The van der Waals surface area contributed by atoms with Crippen molar-refractivity contribution in [1.29, 1.82) is 0 Å². The average molecular weight is 382 g/mol. The predicted octanol–water partition coefficient (Wildman–Crippen LogP) is 4.41. The van der Waals surface area contributed by atoms with Crippen LogP contribution < -0.4 is 10.2 Å². The number of aryl methyl sites for hydroxylation is 2. The lowest BCUT2D eigenvalue weighted by Crippen LogP contribution is -2.44. The SMILES string of the molecule is CCC(NC1CCN(c2nc(C)nc3sccc23)CC1)c1ccc(C)cn1. The van der Waals surface area contributed by atoms with E-state index in [-0.39, 0.29) is 0 Å². The van der Waals surface area contributed by atoms with Gasteiger partial charge in [-0.25, -0.2) is 9.97 Å². The number of thiophene rings is 1. The second-order valence-corrected chi connectivity index (χ2v) is 8.28. The van der Waals surface area contributed by atoms with Crippen molar-refractivity contribution in [3.8, 4) is 0 Å². The van der Waals surface area contributed by atoms with Gasteiger partial charge in [0.1, 0.15) is 16.5 Å². The van der Waals surface area contributed by atoms with Crippen LogP contribution in [0.2, 0.25) is 0 Å². The Bertz CT molecular complexity index is 897. The summed E-state index contributed by atoms with van der Waals surface area (Å²) in [7, 11) is 0. The Balaban J connectivity index is 1.42. The van der Waals surface area contributed by atoms with Gasteiger partial charge in [-0.3, -0.25) is 4.98 Å². The second kappa shape index (κ2) is 7.90. The fourth-order valence-corrected chi connectivity index (χ4v) is 4.63. The van der Waals surface area contributed by atoms with Crippen LogP contribution in [0, 0.1) is 13.8 Å². The van der Waals surface area contributed by atoms with Gasteiger partial charge < -0.3 is 10.2 Å². The number of rotatable bonds is 5. The van der Waals surface area contributed by atoms with E-state index >= 15 is 0 Å². The van der Waals surface area contributed by atoms with E-state index < -0.39 is 0 Å². The third-order valence-corrected chi connectivity index (χ3v) is 6.15. The van der Waals surface area contributed by atoms with Gasteiger partial charge in [0, 0.05) is 31.4 Å². The largest absolute Gasteiger partial charge is 0.356 e. The molecule has 3 aromatic heterocycles. The second-order valence-electron chi connectivity index (χ2n) is 7.38. The number of hydrogen-bond acceptors (Lipinski definition) is 6. The third-order valence-electron chi connectivity index (χ3n) is 5.35. The highest BCUT2D eigenvalue weighted by Crippen LogP contribution is 2.30. The van der Waals surface area contributed by atoms with Crippen molar-refractivity contribution in [2.45, 2.75) is 52.1 Å². The average Bonchev–Trinajstić information content (AvgIpc) is 3.15. The van der Waals surface area contributed by atoms with Gasteiger partial charge in [0.25, 0.3) is 0 Å². The van der Waals surface area contributed by atoms with Crippen LogP contribution in [0.3, 0.4) is 0 Å². The minimum atomic E-state index is 0.326. The van der Waals surface area contributed by atoms with Gasteiger partial charge >= 0.3 is 0 Å². The van der Waals surface area contributed by atoms with Gasteiger partial charge in [-0.2, -0.15) is 0 Å². The zero-order valence-electron chi connectivity index (χ0n) is 16.3. The molecule has 5 nitrogen and oxygen atoms in total. The summed E-state index contributed by atoms with van der Waals surface area (Å²) in [6.45, 7) is 8.34. The molecule has 1 N–H and O–H groups in total. The molecular weight excluding hydrogens is 354 g/mol. The molecular formula is C21H27N5S. The van der Waals surface area contributed by atoms with E-state index in [4.69, 9.17) is 4.98 Å². The number of hydrogen-bond donors (Lipinski definition) is 1. The number of fused-ring (bicyclic) bond motifs is 1. The number of pyridine rings is 1. The first-order chi connectivity index (χ1) is 13.1. The molecule has 1 aliphatic heterocycles. The third kappa shape index (κ3) is 3.96. The Morgan fingerprint density at radius 3 is 2.70 bits per heavy atom. The van der Waals surface area contributed by atoms with E-state index in [2.05, 4.69) is 57.6 Å². The molecule has 1 atom stereocenters. The summed E-state index contributed by atoms with van der Waals surface area (Å²) in [5.74, 6) is 1.96. The molecule has 0 aromatic carbocycles. The van der Waals surface area contributed by atoms with Crippen molar-refractivity contribution in [3.05, 3.63) is 46.9 Å². The molecule has 27 heavy (non-hydrogen) atoms. The minimum absolute atomic E-state index is 0.326. The molecule has 1 fully saturated rings. The Labute approximate surface area is 164 Å². The topological polar surface area (TPSA) is 53.9 Å². The van der Waals surface area contributed by atoms with Gasteiger partial charge in [0.15, 0.2) is 0 Å². The van der Waals surface area contributed by atoms with E-state index in [1.165, 1.54) is 10.9 Å². The smallest absolute Gasteiger partial charge is 0.141 e. The highest BCUT2D eigenvalue weighted by Gasteiger charge is 2.24. The molecule has 0 bridgehead atoms. The summed E-state index contributed by atoms with van der Waals surface area (Å²) in [6, 6.07) is 7.30. The minimum Gasteiger partial charge on any atom is -0.356 e. The van der Waals surface area contributed by atoms with Gasteiger partial charge in [-0.05, 0) is 56.2 Å². The first-order valence-corrected chi connectivity index (χ1v) is 10.7. The zero-order valence-corrected chi connectivity index (χ0v) is 17.1. The maximum absolute atomic E-state index is 4.75. The highest BCUT2D eigenvalue weighted by molar-refractivity contribution is 7.16. The number of nitrogens with zero attached hydrogens (tertiary/aromatic N) is 4. The van der Waals surface area contributed by atoms with E-state index in [1.54, 1.807) is 11.3 Å². The summed E-state index contributed by atoms with van der Waals surface area (Å²) in [5, 5.41) is 7.13. The number of piperidine rings is 1. The van der Waals surface area contributed by atoms with E-state index in [0.29, 0.717) is 12.1 Å². The molecule has 0 spiro atoms. The monoisotopic (exact) mass is 381 g/mol. The molecule has 1 saturated heterocycles. The number of nitrogens with one attached hydrogen (secondary N) is 1. The van der Waals surface area contributed by atoms with Crippen molar-refractivity contribution >= 4 is 27.4 Å². The maximum atomic E-state index is 4.75. The van der Waals surface area contributed by atoms with Crippen molar-refractivity contribution in [1.82, 2.24) is 20.3 Å². The Morgan fingerprint density at radius 2 is 2.00 bits per heavy atom. The van der Waals surface area contributed by atoms with Crippen LogP contribution in [-0.4, -0.2) is 34.1 Å². The molecule has 0 amide bonds. The molecule has 0 saturated carbocycles. The van der Waals surface area contributed by atoms with E-state index in [9.17, 15) is 0 Å². The quantitative estimate of drug-likeness (QED) is 0.709. The summed E-state index contributed by atoms with van der Waals surface area (Å²) >= 11 is 1.69. The lowest BCUT2D eigenvalue weighted by atomic mass is 10.0. The molecule has 0 aliphatic carbocycles. The van der Waals surface area contributed by atoms with Crippen molar-refractivity contribution in [3.63, 3.8) is 0 Å². The Kier molecular flexibility index (Phi) is 5.36. The lowest BCUT2D eigenvalue weighted by molar-refractivity contribution is 0.360. The van der Waals surface area contributed by atoms with Crippen molar-refractivity contribution in [2.75, 3.05) is 18.0 Å². The van der Waals surface area contributed by atoms with Crippen molar-refractivity contribution < 1.29 is 0 Å². The summed E-state index contributed by atoms with van der Waals surface area (Å²) in [4.78, 5) is 17.4. The fraction of sp³-hybridized carbons (Fsp3) is 0.476. The van der Waals surface area contributed by atoms with Crippen LogP contribution in [0.5, 0.6) is 0 Å². The normalized spacial score (nSPS) is 16.8. The zero-order chi connectivity index (χ0) is 18.8. The summed E-state index contributed by atoms with van der Waals surface area (Å²) in [6.07, 6.45) is 5.26. The Hall–Kier alpha value is -2.05. The first kappa shape index (κ1) is 18.3. The number of anilines is 1. The van der Waals surface area contributed by atoms with Crippen molar-refractivity contribution in [2.24, 2.45) is 0 Å². The number of aromatic nitrogens is 3. The fourth-order valence-electron chi connectivity index (χ4n) is 3.82. The molecule has 6 heteroatoms. The molecule has 4 heterocycles. The maximum Gasteiger partial charge on any atom is 0.141 e. The van der Waals surface area contributed by atoms with Gasteiger partial charge in [0.05, 0.1) is 11.1 Å². The van der Waals surface area contributed by atoms with Crippen LogP contribution >= 0.6 is 11.3 Å². The molecule has 3 aromatic rings. The standard InChI is InChI=1S/C21H27N5S/c1-4-18(19-6-5-14(2)13-22-19)25-16-7-10-26(11-8-16)20-17-9-12-27-21(17)24-15(3)23-20/h5-6,9,12-13,16,18,25H,4,7-8,10-11H2,1-3H3. The predicted molar refractivity (Wildman–Crippen MR) is 113 cm³/mol. The van der Waals surface area contributed by atoms with Gasteiger partial charge in [-0.15, -0.1) is 11.3 Å². The lowest BCUT2D eigenvalue weighted by Gasteiger charge is -2.35. The molecule has 1 unspecified atom stereocenters. The van der Waals surface area contributed by atoms with Gasteiger partial charge in [-0.1, -0.05) is 13.0 Å². The van der Waals surface area contributed by atoms with Crippen LogP contribution in [0.4, 0.5) is 5.82 Å². The highest BCUT2D eigenvalue weighted by atomic mass is 32.1. The molecule has 1 aliphatic rings.